The highest BCUT2D eigenvalue weighted by Gasteiger charge is 2.64. The summed E-state index contributed by atoms with van der Waals surface area (Å²) in [5, 5.41) is 31.7. The molecule has 0 bridgehead atoms. The van der Waals surface area contributed by atoms with Gasteiger partial charge in [-0.2, -0.15) is 0 Å². The topological polar surface area (TPSA) is 77.8 Å². The molecule has 0 aliphatic heterocycles. The molecule has 172 valence electrons. The molecule has 0 aromatic rings. The average Bonchev–Trinajstić information content (AvgIpc) is 3.07. The molecule has 0 aromatic heterocycles. The molecular formula is C26H44O4. The Balaban J connectivity index is 1.77. The zero-order chi connectivity index (χ0) is 25.5. The van der Waals surface area contributed by atoms with Crippen LogP contribution in [0.4, 0.5) is 0 Å². The highest BCUT2D eigenvalue weighted by atomic mass is 16.4. The zero-order valence-corrected chi connectivity index (χ0v) is 19.2. The smallest absolute Gasteiger partial charge is 0.303 e. The number of rotatable bonds is 5. The Hall–Kier alpha value is -0.610. The summed E-state index contributed by atoms with van der Waals surface area (Å²) in [5.74, 6) is -3.41. The Morgan fingerprint density at radius 2 is 1.77 bits per heavy atom. The lowest BCUT2D eigenvalue weighted by molar-refractivity contribution is -0.203. The minimum absolute atomic E-state index is 0.00253. The van der Waals surface area contributed by atoms with Gasteiger partial charge in [0, 0.05) is 10.5 Å². The number of aliphatic carboxylic acids is 1. The van der Waals surface area contributed by atoms with Gasteiger partial charge in [0.15, 0.2) is 0 Å². The maximum Gasteiger partial charge on any atom is 0.303 e. The second kappa shape index (κ2) is 8.06. The van der Waals surface area contributed by atoms with Crippen molar-refractivity contribution in [2.24, 2.45) is 52.2 Å². The molecule has 1 unspecified atom stereocenters. The van der Waals surface area contributed by atoms with Crippen LogP contribution in [0.25, 0.3) is 0 Å². The van der Waals surface area contributed by atoms with E-state index in [9.17, 15) is 22.9 Å². The number of fused-ring (bicyclic) bond motifs is 5. The van der Waals surface area contributed by atoms with Crippen LogP contribution >= 0.6 is 0 Å². The molecule has 4 rings (SSSR count). The summed E-state index contributed by atoms with van der Waals surface area (Å²) in [4.78, 5) is 11.2. The second-order valence-corrected chi connectivity index (χ2v) is 11.4. The summed E-state index contributed by atoms with van der Waals surface area (Å²) < 4.78 is 36.2. The van der Waals surface area contributed by atoms with Gasteiger partial charge in [0.05, 0.1) is 13.6 Å². The summed E-state index contributed by atoms with van der Waals surface area (Å²) in [5.41, 5.74) is -0.566. The molecule has 0 heterocycles. The van der Waals surface area contributed by atoms with E-state index in [1.54, 1.807) is 0 Å². The highest BCUT2D eigenvalue weighted by molar-refractivity contribution is 5.66. The van der Waals surface area contributed by atoms with Gasteiger partial charge in [-0.15, -0.1) is 0 Å². The molecular weight excluding hydrogens is 376 g/mol. The van der Waals surface area contributed by atoms with Crippen molar-refractivity contribution in [3.8, 4) is 0 Å². The Morgan fingerprint density at radius 3 is 2.43 bits per heavy atom. The molecule has 11 atom stereocenters. The normalized spacial score (nSPS) is 58.9. The molecule has 4 aliphatic carbocycles. The Morgan fingerprint density at radius 1 is 1.10 bits per heavy atom. The van der Waals surface area contributed by atoms with Crippen molar-refractivity contribution >= 4 is 5.97 Å². The van der Waals surface area contributed by atoms with Gasteiger partial charge in [-0.3, -0.25) is 4.79 Å². The van der Waals surface area contributed by atoms with Crippen molar-refractivity contribution in [1.29, 1.82) is 0 Å². The molecule has 3 N–H and O–H groups in total. The fourth-order valence-corrected chi connectivity index (χ4v) is 8.65. The first kappa shape index (κ1) is 17.9. The lowest BCUT2D eigenvalue weighted by Gasteiger charge is -2.64. The van der Waals surface area contributed by atoms with Crippen LogP contribution in [0.15, 0.2) is 0 Å². The predicted molar refractivity (Wildman–Crippen MR) is 118 cm³/mol. The van der Waals surface area contributed by atoms with Crippen LogP contribution < -0.4 is 0 Å². The summed E-state index contributed by atoms with van der Waals surface area (Å²) in [7, 11) is 0. The fraction of sp³-hybridized carbons (Fsp3) is 0.962. The van der Waals surface area contributed by atoms with Crippen LogP contribution in [0.1, 0.15) is 97.3 Å². The van der Waals surface area contributed by atoms with Crippen LogP contribution in [0.3, 0.4) is 0 Å². The first-order valence-corrected chi connectivity index (χ1v) is 12.1. The first-order chi connectivity index (χ1) is 15.5. The Kier molecular flexibility index (Phi) is 4.81. The molecule has 30 heavy (non-hydrogen) atoms. The van der Waals surface area contributed by atoms with E-state index in [1.807, 2.05) is 0 Å². The van der Waals surface area contributed by atoms with Crippen molar-refractivity contribution in [2.45, 2.75) is 104 Å². The van der Waals surface area contributed by atoms with Gasteiger partial charge in [0.25, 0.3) is 0 Å². The fourth-order valence-electron chi connectivity index (χ4n) is 8.65. The summed E-state index contributed by atoms with van der Waals surface area (Å²) >= 11 is 0. The second-order valence-electron chi connectivity index (χ2n) is 11.4. The van der Waals surface area contributed by atoms with Gasteiger partial charge >= 0.3 is 5.97 Å². The molecule has 4 heteroatoms. The molecule has 4 saturated carbocycles. The summed E-state index contributed by atoms with van der Waals surface area (Å²) in [6, 6.07) is 0. The average molecular weight is 425 g/mol. The maximum atomic E-state index is 12.0. The lowest BCUT2D eigenvalue weighted by Crippen LogP contribution is -2.62. The third kappa shape index (κ3) is 3.36. The standard InChI is InChI=1S/C26H44O4/c1-5-17-21-14-16(27)10-12-26(21,4)20-11-13-25(3)18(15(2)6-9-22(28)29)7-8-19(25)23(20)24(17)30/h15-21,23-24,27,30H,5-14H2,1-4H3,(H,28,29)/t15-,16-,17?,18-,19+,20+,21+,23+,24-,25-,26-/m1/s1/i5D2,17D,24D. The van der Waals surface area contributed by atoms with E-state index < -0.39 is 47.7 Å². The van der Waals surface area contributed by atoms with E-state index in [4.69, 9.17) is 2.74 Å². The lowest BCUT2D eigenvalue weighted by atomic mass is 9.41. The van der Waals surface area contributed by atoms with Crippen molar-refractivity contribution in [1.82, 2.24) is 0 Å². The third-order valence-corrected chi connectivity index (χ3v) is 10.2. The number of carboxylic acid groups (broad SMARTS) is 1. The Bertz CT molecular complexity index is 815. The molecule has 0 saturated heterocycles. The molecule has 0 spiro atoms. The first-order valence-electron chi connectivity index (χ1n) is 14.1. The zero-order valence-electron chi connectivity index (χ0n) is 23.2. The van der Waals surface area contributed by atoms with Gasteiger partial charge in [0.2, 0.25) is 0 Å². The van der Waals surface area contributed by atoms with Crippen molar-refractivity contribution < 1.29 is 25.6 Å². The molecule has 4 aliphatic rings. The number of aliphatic hydroxyl groups excluding tert-OH is 1. The molecule has 0 radical (unpaired) electrons. The molecule has 0 aromatic carbocycles. The quantitative estimate of drug-likeness (QED) is 0.573. The minimum Gasteiger partial charge on any atom is -0.481 e. The van der Waals surface area contributed by atoms with Crippen LogP contribution in [0, 0.1) is 52.2 Å². The monoisotopic (exact) mass is 424 g/mol. The van der Waals surface area contributed by atoms with Gasteiger partial charge in [0.1, 0.15) is 0 Å². The van der Waals surface area contributed by atoms with Crippen LogP contribution in [-0.2, 0) is 4.79 Å². The molecule has 0 amide bonds. The van der Waals surface area contributed by atoms with Gasteiger partial charge in [-0.1, -0.05) is 34.1 Å². The molecule has 4 nitrogen and oxygen atoms in total. The molecule has 4 fully saturated rings. The summed E-state index contributed by atoms with van der Waals surface area (Å²) in [6.45, 7) is 7.83. The van der Waals surface area contributed by atoms with Crippen molar-refractivity contribution in [2.75, 3.05) is 0 Å². The SMILES string of the molecule is [2H]C([2H])(C)C1([2H])[C@@H]2C[C@H](O)CC[C@]2(C)[C@H]2CC[C@]3(C)[C@@H]([C@H](C)CCC(=O)O)CC[C@H]3[C@@H]2[C@]1([2H])O. The van der Waals surface area contributed by atoms with Gasteiger partial charge in [-0.25, -0.2) is 0 Å². The van der Waals surface area contributed by atoms with E-state index >= 15 is 0 Å². The van der Waals surface area contributed by atoms with Crippen molar-refractivity contribution in [3.05, 3.63) is 0 Å². The number of carbonyl (C=O) groups is 1. The van der Waals surface area contributed by atoms with Crippen molar-refractivity contribution in [3.63, 3.8) is 0 Å². The number of aliphatic hydroxyl groups is 2. The third-order valence-electron chi connectivity index (χ3n) is 10.2. The minimum atomic E-state index is -2.28. The van der Waals surface area contributed by atoms with Gasteiger partial charge in [-0.05, 0) is 104 Å². The predicted octanol–water partition coefficient (Wildman–Crippen LogP) is 5.11. The van der Waals surface area contributed by atoms with E-state index in [0.29, 0.717) is 25.2 Å². The van der Waals surface area contributed by atoms with Crippen LogP contribution in [0.2, 0.25) is 0 Å². The van der Waals surface area contributed by atoms with Crippen LogP contribution in [0.5, 0.6) is 0 Å². The van der Waals surface area contributed by atoms with Gasteiger partial charge < -0.3 is 15.3 Å². The van der Waals surface area contributed by atoms with Crippen LogP contribution in [-0.4, -0.2) is 33.5 Å². The largest absolute Gasteiger partial charge is 0.481 e. The van der Waals surface area contributed by atoms with E-state index in [1.165, 1.54) is 6.92 Å². The number of hydrogen-bond acceptors (Lipinski definition) is 3. The highest BCUT2D eigenvalue weighted by Crippen LogP contribution is 2.69. The van der Waals surface area contributed by atoms with E-state index in [-0.39, 0.29) is 36.0 Å². The number of hydrogen-bond donors (Lipinski definition) is 3. The number of carboxylic acids is 1. The maximum absolute atomic E-state index is 12.0. The van der Waals surface area contributed by atoms with E-state index in [0.717, 1.165) is 25.7 Å². The Labute approximate surface area is 188 Å². The van der Waals surface area contributed by atoms with E-state index in [2.05, 4.69) is 20.8 Å². The summed E-state index contributed by atoms with van der Waals surface area (Å²) in [6.07, 6.45) is 0.823.